The van der Waals surface area contributed by atoms with Gasteiger partial charge in [0, 0.05) is 38.0 Å². The fourth-order valence-electron chi connectivity index (χ4n) is 2.67. The lowest BCUT2D eigenvalue weighted by atomic mass is 10.1. The van der Waals surface area contributed by atoms with Crippen molar-refractivity contribution in [3.05, 3.63) is 29.8 Å². The van der Waals surface area contributed by atoms with Gasteiger partial charge in [0.1, 0.15) is 0 Å². The summed E-state index contributed by atoms with van der Waals surface area (Å²) in [5.41, 5.74) is 2.71. The van der Waals surface area contributed by atoms with Crippen molar-refractivity contribution in [3.8, 4) is 0 Å². The average Bonchev–Trinajstić information content (AvgIpc) is 2.50. The fourth-order valence-corrected chi connectivity index (χ4v) is 2.67. The number of anilines is 1. The highest BCUT2D eigenvalue weighted by atomic mass is 16.5. The van der Waals surface area contributed by atoms with E-state index in [-0.39, 0.29) is 0 Å². The molecule has 1 N–H and O–H groups in total. The van der Waals surface area contributed by atoms with Crippen molar-refractivity contribution in [2.45, 2.75) is 59.2 Å². The van der Waals surface area contributed by atoms with Gasteiger partial charge < -0.3 is 15.0 Å². The topological polar surface area (TPSA) is 24.5 Å². The minimum Gasteiger partial charge on any atom is -0.383 e. The molecule has 0 radical (unpaired) electrons. The van der Waals surface area contributed by atoms with Gasteiger partial charge in [-0.05, 0) is 24.5 Å². The number of nitrogens with one attached hydrogen (secondary N) is 1. The van der Waals surface area contributed by atoms with E-state index in [1.807, 2.05) is 0 Å². The molecule has 120 valence electrons. The van der Waals surface area contributed by atoms with Gasteiger partial charge in [-0.15, -0.1) is 0 Å². The normalized spacial score (nSPS) is 11.4. The molecule has 0 aliphatic carbocycles. The molecule has 1 aromatic carbocycles. The summed E-state index contributed by atoms with van der Waals surface area (Å²) in [6, 6.07) is 9.80. The van der Waals surface area contributed by atoms with Gasteiger partial charge in [-0.2, -0.15) is 0 Å². The minimum absolute atomic E-state index is 0.499. The third kappa shape index (κ3) is 5.68. The first-order valence-corrected chi connectivity index (χ1v) is 8.20. The summed E-state index contributed by atoms with van der Waals surface area (Å²) in [4.78, 5) is 2.51. The summed E-state index contributed by atoms with van der Waals surface area (Å²) >= 11 is 0. The number of para-hydroxylation sites is 1. The predicted molar refractivity (Wildman–Crippen MR) is 92.0 cm³/mol. The van der Waals surface area contributed by atoms with Gasteiger partial charge >= 0.3 is 0 Å². The lowest BCUT2D eigenvalue weighted by Crippen LogP contribution is -2.38. The highest BCUT2D eigenvalue weighted by Crippen LogP contribution is 2.25. The van der Waals surface area contributed by atoms with Crippen molar-refractivity contribution in [2.24, 2.45) is 0 Å². The van der Waals surface area contributed by atoms with Crippen LogP contribution >= 0.6 is 0 Å². The summed E-state index contributed by atoms with van der Waals surface area (Å²) in [7, 11) is 1.78. The van der Waals surface area contributed by atoms with Crippen LogP contribution in [0, 0.1) is 0 Å². The van der Waals surface area contributed by atoms with Crippen LogP contribution in [0.3, 0.4) is 0 Å². The zero-order chi connectivity index (χ0) is 15.7. The molecule has 0 bridgehead atoms. The van der Waals surface area contributed by atoms with Crippen LogP contribution in [0.2, 0.25) is 0 Å². The number of ether oxygens (including phenoxy) is 1. The molecule has 0 unspecified atom stereocenters. The van der Waals surface area contributed by atoms with Gasteiger partial charge in [-0.3, -0.25) is 0 Å². The van der Waals surface area contributed by atoms with Crippen LogP contribution in [0.4, 0.5) is 5.69 Å². The van der Waals surface area contributed by atoms with Crippen LogP contribution in [0.15, 0.2) is 24.3 Å². The minimum atomic E-state index is 0.499. The quantitative estimate of drug-likeness (QED) is 0.709. The van der Waals surface area contributed by atoms with E-state index in [4.69, 9.17) is 4.74 Å². The molecule has 21 heavy (non-hydrogen) atoms. The molecular formula is C18H32N2O. The Morgan fingerprint density at radius 2 is 1.81 bits per heavy atom. The number of nitrogens with zero attached hydrogens (tertiary/aromatic N) is 1. The molecule has 1 rings (SSSR count). The van der Waals surface area contributed by atoms with Crippen molar-refractivity contribution in [1.82, 2.24) is 5.32 Å². The van der Waals surface area contributed by atoms with E-state index in [9.17, 15) is 0 Å². The zero-order valence-electron chi connectivity index (χ0n) is 14.4. The molecule has 0 atom stereocenters. The van der Waals surface area contributed by atoms with Gasteiger partial charge in [0.05, 0.1) is 6.61 Å². The number of hydrogen-bond donors (Lipinski definition) is 1. The second kappa shape index (κ2) is 9.80. The molecule has 3 heteroatoms. The Balaban J connectivity index is 2.99. The summed E-state index contributed by atoms with van der Waals surface area (Å²) < 4.78 is 5.31. The van der Waals surface area contributed by atoms with Crippen LogP contribution in [0.25, 0.3) is 0 Å². The zero-order valence-corrected chi connectivity index (χ0v) is 14.4. The first-order valence-electron chi connectivity index (χ1n) is 8.20. The first kappa shape index (κ1) is 18.0. The molecular weight excluding hydrogens is 260 g/mol. The average molecular weight is 292 g/mol. The molecule has 0 fully saturated rings. The van der Waals surface area contributed by atoms with Crippen LogP contribution < -0.4 is 10.2 Å². The van der Waals surface area contributed by atoms with Gasteiger partial charge in [0.15, 0.2) is 0 Å². The van der Waals surface area contributed by atoms with Crippen molar-refractivity contribution >= 4 is 5.69 Å². The molecule has 0 amide bonds. The summed E-state index contributed by atoms with van der Waals surface area (Å²) in [6.07, 6.45) is 2.32. The SMILES string of the molecule is CCC(CC)N(CCOC)c1ccccc1CNC(C)C. The summed E-state index contributed by atoms with van der Waals surface area (Å²) in [6.45, 7) is 11.5. The Kier molecular flexibility index (Phi) is 8.40. The maximum atomic E-state index is 5.31. The Labute approximate surface area is 130 Å². The van der Waals surface area contributed by atoms with E-state index in [0.717, 1.165) is 32.5 Å². The van der Waals surface area contributed by atoms with E-state index in [1.165, 1.54) is 11.3 Å². The molecule has 0 heterocycles. The Hall–Kier alpha value is -1.06. The van der Waals surface area contributed by atoms with Crippen LogP contribution in [0.5, 0.6) is 0 Å². The fraction of sp³-hybridized carbons (Fsp3) is 0.667. The predicted octanol–water partition coefficient (Wildman–Crippen LogP) is 3.83. The second-order valence-corrected chi connectivity index (χ2v) is 5.82. The van der Waals surface area contributed by atoms with E-state index in [1.54, 1.807) is 7.11 Å². The lowest BCUT2D eigenvalue weighted by molar-refractivity contribution is 0.202. The molecule has 0 saturated heterocycles. The van der Waals surface area contributed by atoms with Crippen LogP contribution in [-0.4, -0.2) is 32.3 Å². The van der Waals surface area contributed by atoms with Gasteiger partial charge in [-0.1, -0.05) is 45.9 Å². The molecule has 0 aliphatic rings. The number of methoxy groups -OCH3 is 1. The second-order valence-electron chi connectivity index (χ2n) is 5.82. The van der Waals surface area contributed by atoms with Gasteiger partial charge in [0.25, 0.3) is 0 Å². The number of hydrogen-bond acceptors (Lipinski definition) is 3. The molecule has 1 aromatic rings. The summed E-state index contributed by atoms with van der Waals surface area (Å²) in [5.74, 6) is 0. The van der Waals surface area contributed by atoms with Crippen molar-refractivity contribution in [2.75, 3.05) is 25.2 Å². The van der Waals surface area contributed by atoms with E-state index >= 15 is 0 Å². The molecule has 0 saturated carbocycles. The standard InChI is InChI=1S/C18H32N2O/c1-6-17(7-2)20(12-13-21-5)18-11-9-8-10-16(18)14-19-15(3)4/h8-11,15,17,19H,6-7,12-14H2,1-5H3. The monoisotopic (exact) mass is 292 g/mol. The van der Waals surface area contributed by atoms with E-state index in [2.05, 4.69) is 62.2 Å². The number of benzene rings is 1. The van der Waals surface area contributed by atoms with Crippen molar-refractivity contribution < 1.29 is 4.74 Å². The highest BCUT2D eigenvalue weighted by molar-refractivity contribution is 5.54. The van der Waals surface area contributed by atoms with E-state index in [0.29, 0.717) is 12.1 Å². The highest BCUT2D eigenvalue weighted by Gasteiger charge is 2.18. The molecule has 0 aliphatic heterocycles. The Bertz CT molecular complexity index is 389. The van der Waals surface area contributed by atoms with Crippen LogP contribution in [0.1, 0.15) is 46.1 Å². The smallest absolute Gasteiger partial charge is 0.0637 e. The molecule has 3 nitrogen and oxygen atoms in total. The van der Waals surface area contributed by atoms with E-state index < -0.39 is 0 Å². The van der Waals surface area contributed by atoms with Crippen LogP contribution in [-0.2, 0) is 11.3 Å². The maximum Gasteiger partial charge on any atom is 0.0637 e. The van der Waals surface area contributed by atoms with Crippen molar-refractivity contribution in [3.63, 3.8) is 0 Å². The maximum absolute atomic E-state index is 5.31. The van der Waals surface area contributed by atoms with Gasteiger partial charge in [-0.25, -0.2) is 0 Å². The largest absolute Gasteiger partial charge is 0.383 e. The third-order valence-corrected chi connectivity index (χ3v) is 3.92. The first-order chi connectivity index (χ1) is 10.1. The lowest BCUT2D eigenvalue weighted by Gasteiger charge is -2.34. The molecule has 0 aromatic heterocycles. The Morgan fingerprint density at radius 1 is 1.14 bits per heavy atom. The van der Waals surface area contributed by atoms with Gasteiger partial charge in [0.2, 0.25) is 0 Å². The number of rotatable bonds is 10. The Morgan fingerprint density at radius 3 is 2.38 bits per heavy atom. The third-order valence-electron chi connectivity index (χ3n) is 3.92. The summed E-state index contributed by atoms with van der Waals surface area (Å²) in [5, 5.41) is 3.53. The molecule has 0 spiro atoms. The van der Waals surface area contributed by atoms with Crippen molar-refractivity contribution in [1.29, 1.82) is 0 Å².